The fourth-order valence-electron chi connectivity index (χ4n) is 10.2. The van der Waals surface area contributed by atoms with Crippen LogP contribution in [0.3, 0.4) is 0 Å². The van der Waals surface area contributed by atoms with Crippen LogP contribution in [-0.2, 0) is 23.7 Å². The van der Waals surface area contributed by atoms with E-state index < -0.39 is 86.8 Å². The third-order valence-electron chi connectivity index (χ3n) is 15.1. The Hall–Kier alpha value is -1.53. The molecular weight excluding hydrogens is 943 g/mol. The van der Waals surface area contributed by atoms with Gasteiger partial charge in [0, 0.05) is 6.42 Å². The maximum atomic E-state index is 13.2. The van der Waals surface area contributed by atoms with Gasteiger partial charge in [-0.15, -0.1) is 0 Å². The van der Waals surface area contributed by atoms with Crippen LogP contribution in [0.25, 0.3) is 0 Å². The third-order valence-corrected chi connectivity index (χ3v) is 15.1. The molecule has 2 fully saturated rings. The Morgan fingerprint density at radius 3 is 1.32 bits per heavy atom. The molecule has 0 aromatic heterocycles. The van der Waals surface area contributed by atoms with Gasteiger partial charge in [-0.1, -0.05) is 244 Å². The van der Waals surface area contributed by atoms with Crippen LogP contribution in [0.15, 0.2) is 24.3 Å². The molecule has 12 unspecified atom stereocenters. The Labute approximate surface area is 449 Å². The van der Waals surface area contributed by atoms with Crippen molar-refractivity contribution in [2.45, 2.75) is 331 Å². The van der Waals surface area contributed by atoms with Crippen LogP contribution in [0.2, 0.25) is 0 Å². The predicted molar refractivity (Wildman–Crippen MR) is 295 cm³/mol. The molecule has 2 saturated heterocycles. The third kappa shape index (κ3) is 31.8. The number of nitrogens with one attached hydrogen (secondary N) is 1. The topological polar surface area (TPSA) is 228 Å². The molecule has 1 amide bonds. The van der Waals surface area contributed by atoms with Crippen LogP contribution < -0.4 is 5.32 Å². The summed E-state index contributed by atoms with van der Waals surface area (Å²) in [6.07, 6.45) is 38.1. The van der Waals surface area contributed by atoms with Crippen molar-refractivity contribution < 1.29 is 64.6 Å². The van der Waals surface area contributed by atoms with Crippen molar-refractivity contribution in [3.8, 4) is 0 Å². The largest absolute Gasteiger partial charge is 0.394 e. The number of carbonyl (C=O) groups is 1. The second-order valence-electron chi connectivity index (χ2n) is 21.8. The van der Waals surface area contributed by atoms with Gasteiger partial charge in [0.05, 0.1) is 32.0 Å². The molecule has 12 atom stereocenters. The first-order valence-electron chi connectivity index (χ1n) is 30.6. The molecule has 436 valence electrons. The highest BCUT2D eigenvalue weighted by Crippen LogP contribution is 2.30. The summed E-state index contributed by atoms with van der Waals surface area (Å²) in [5.41, 5.74) is 0. The zero-order valence-electron chi connectivity index (χ0n) is 46.8. The van der Waals surface area contributed by atoms with Gasteiger partial charge in [-0.3, -0.25) is 4.79 Å². The average molecular weight is 1060 g/mol. The summed E-state index contributed by atoms with van der Waals surface area (Å²) >= 11 is 0. The summed E-state index contributed by atoms with van der Waals surface area (Å²) in [5, 5.41) is 87.0. The van der Waals surface area contributed by atoms with Crippen molar-refractivity contribution in [2.75, 3.05) is 19.8 Å². The number of allylic oxidation sites excluding steroid dienone is 3. The van der Waals surface area contributed by atoms with E-state index in [0.29, 0.717) is 12.8 Å². The van der Waals surface area contributed by atoms with Crippen LogP contribution in [0, 0.1) is 0 Å². The highest BCUT2D eigenvalue weighted by Gasteiger charge is 2.51. The van der Waals surface area contributed by atoms with Crippen LogP contribution >= 0.6 is 0 Å². The summed E-state index contributed by atoms with van der Waals surface area (Å²) in [4.78, 5) is 13.2. The molecule has 74 heavy (non-hydrogen) atoms. The Balaban J connectivity index is 1.69. The van der Waals surface area contributed by atoms with Crippen LogP contribution in [0.5, 0.6) is 0 Å². The number of ether oxygens (including phenoxy) is 4. The Morgan fingerprint density at radius 2 is 0.865 bits per heavy atom. The van der Waals surface area contributed by atoms with E-state index >= 15 is 0 Å². The predicted octanol–water partition coefficient (Wildman–Crippen LogP) is 10.4. The lowest BCUT2D eigenvalue weighted by Crippen LogP contribution is -2.65. The molecule has 9 N–H and O–H groups in total. The number of hydrogen-bond acceptors (Lipinski definition) is 13. The molecule has 2 heterocycles. The van der Waals surface area contributed by atoms with Gasteiger partial charge < -0.3 is 65.1 Å². The molecule has 0 bridgehead atoms. The summed E-state index contributed by atoms with van der Waals surface area (Å²) in [6.45, 7) is 2.79. The van der Waals surface area contributed by atoms with E-state index in [1.54, 1.807) is 6.08 Å². The van der Waals surface area contributed by atoms with Crippen molar-refractivity contribution in [2.24, 2.45) is 0 Å². The normalized spacial score (nSPS) is 25.3. The first-order chi connectivity index (χ1) is 36.1. The first kappa shape index (κ1) is 68.6. The highest BCUT2D eigenvalue weighted by molar-refractivity contribution is 5.76. The van der Waals surface area contributed by atoms with E-state index in [0.717, 1.165) is 32.1 Å². The molecule has 0 aliphatic carbocycles. The monoisotopic (exact) mass is 1060 g/mol. The molecule has 2 aliphatic rings. The molecule has 0 saturated carbocycles. The van der Waals surface area contributed by atoms with Gasteiger partial charge in [0.2, 0.25) is 5.91 Å². The molecule has 0 aromatic rings. The molecule has 14 nitrogen and oxygen atoms in total. The Morgan fingerprint density at radius 1 is 0.473 bits per heavy atom. The number of hydrogen-bond donors (Lipinski definition) is 9. The maximum absolute atomic E-state index is 13.2. The molecule has 14 heteroatoms. The van der Waals surface area contributed by atoms with Gasteiger partial charge in [0.15, 0.2) is 12.6 Å². The number of aliphatic hydroxyl groups is 8. The van der Waals surface area contributed by atoms with E-state index in [-0.39, 0.29) is 18.9 Å². The lowest BCUT2D eigenvalue weighted by atomic mass is 9.97. The molecular formula is C60H113NO13. The number of aliphatic hydroxyl groups excluding tert-OH is 8. The van der Waals surface area contributed by atoms with Crippen molar-refractivity contribution in [3.05, 3.63) is 24.3 Å². The van der Waals surface area contributed by atoms with E-state index in [1.807, 2.05) is 6.08 Å². The van der Waals surface area contributed by atoms with Crippen LogP contribution in [0.1, 0.15) is 258 Å². The zero-order chi connectivity index (χ0) is 53.9. The number of unbranched alkanes of at least 4 members (excludes halogenated alkanes) is 34. The van der Waals surface area contributed by atoms with E-state index in [1.165, 1.54) is 193 Å². The minimum atomic E-state index is -1.79. The van der Waals surface area contributed by atoms with E-state index in [2.05, 4.69) is 31.3 Å². The fourth-order valence-corrected chi connectivity index (χ4v) is 10.2. The van der Waals surface area contributed by atoms with Crippen LogP contribution in [0.4, 0.5) is 0 Å². The number of amides is 1. The van der Waals surface area contributed by atoms with Crippen molar-refractivity contribution in [1.82, 2.24) is 5.32 Å². The van der Waals surface area contributed by atoms with Gasteiger partial charge in [0.1, 0.15) is 48.8 Å². The SMILES string of the molecule is CCCCCCCCC/C=C/CC/C=C/C(O)C(COC1OC(CO)C(OC2OC(CO)C(O)C(O)C2O)C(O)C1O)NC(=O)CCCCCCCCCCCCCCCCCCCCCCCCCCCCC. The number of carbonyl (C=O) groups excluding carboxylic acids is 1. The smallest absolute Gasteiger partial charge is 0.220 e. The second-order valence-corrected chi connectivity index (χ2v) is 21.8. The van der Waals surface area contributed by atoms with Crippen LogP contribution in [-0.4, -0.2) is 140 Å². The molecule has 0 radical (unpaired) electrons. The number of rotatable bonds is 49. The summed E-state index contributed by atoms with van der Waals surface area (Å²) in [6, 6.07) is -0.927. The molecule has 0 aromatic carbocycles. The maximum Gasteiger partial charge on any atom is 0.220 e. The second kappa shape index (κ2) is 46.4. The molecule has 2 aliphatic heterocycles. The van der Waals surface area contributed by atoms with Gasteiger partial charge in [-0.2, -0.15) is 0 Å². The minimum absolute atomic E-state index is 0.245. The quantitative estimate of drug-likeness (QED) is 0.0204. The lowest BCUT2D eigenvalue weighted by Gasteiger charge is -2.46. The van der Waals surface area contributed by atoms with Gasteiger partial charge >= 0.3 is 0 Å². The molecule has 2 rings (SSSR count). The lowest BCUT2D eigenvalue weighted by molar-refractivity contribution is -0.359. The summed E-state index contributed by atoms with van der Waals surface area (Å²) < 4.78 is 22.7. The fraction of sp³-hybridized carbons (Fsp3) is 0.917. The Kier molecular flexibility index (Phi) is 43.0. The standard InChI is InChI=1S/C60H113NO13/c1-3-5-7-9-11-13-15-17-18-19-20-21-22-23-24-25-26-27-28-29-30-32-34-36-38-40-42-44-52(65)61-48(49(64)43-41-39-37-35-33-31-16-14-12-10-8-6-4-2)47-71-59-57(70)55(68)58(51(46-63)73-59)74-60-56(69)54(67)53(66)50(45-62)72-60/h33,35,41,43,48-51,53-60,62-64,66-70H,3-32,34,36-40,42,44-47H2,1-2H3,(H,61,65)/b35-33+,43-41+. The van der Waals surface area contributed by atoms with Gasteiger partial charge in [-0.05, 0) is 32.1 Å². The van der Waals surface area contributed by atoms with Crippen molar-refractivity contribution in [3.63, 3.8) is 0 Å². The highest BCUT2D eigenvalue weighted by atomic mass is 16.7. The Bertz CT molecular complexity index is 1340. The van der Waals surface area contributed by atoms with Crippen molar-refractivity contribution >= 4 is 5.91 Å². The van der Waals surface area contributed by atoms with E-state index in [9.17, 15) is 45.6 Å². The first-order valence-corrected chi connectivity index (χ1v) is 30.6. The van der Waals surface area contributed by atoms with Gasteiger partial charge in [0.25, 0.3) is 0 Å². The average Bonchev–Trinajstić information content (AvgIpc) is 3.40. The zero-order valence-corrected chi connectivity index (χ0v) is 46.8. The summed E-state index contributed by atoms with van der Waals surface area (Å²) in [5.74, 6) is -0.245. The van der Waals surface area contributed by atoms with Crippen molar-refractivity contribution in [1.29, 1.82) is 0 Å². The molecule has 0 spiro atoms. The van der Waals surface area contributed by atoms with Gasteiger partial charge in [-0.25, -0.2) is 0 Å². The minimum Gasteiger partial charge on any atom is -0.394 e. The van der Waals surface area contributed by atoms with E-state index in [4.69, 9.17) is 18.9 Å². The summed E-state index contributed by atoms with van der Waals surface area (Å²) in [7, 11) is 0.